The smallest absolute Gasteiger partial charge is 0.376 e. The number of esters is 1. The van der Waals surface area contributed by atoms with Crippen molar-refractivity contribution in [3.05, 3.63) is 18.1 Å². The molecule has 0 unspecified atom stereocenters. The fourth-order valence-corrected chi connectivity index (χ4v) is 1.19. The van der Waals surface area contributed by atoms with E-state index in [1.807, 2.05) is 11.9 Å². The van der Waals surface area contributed by atoms with Crippen LogP contribution >= 0.6 is 0 Å². The summed E-state index contributed by atoms with van der Waals surface area (Å²) < 4.78 is 4.55. The normalized spacial score (nSPS) is 9.94. The zero-order chi connectivity index (χ0) is 12.0. The minimum absolute atomic E-state index is 0.0691. The zero-order valence-corrected chi connectivity index (χ0v) is 9.51. The highest BCUT2D eigenvalue weighted by atomic mass is 16.5. The van der Waals surface area contributed by atoms with Gasteiger partial charge in [0.15, 0.2) is 0 Å². The predicted molar refractivity (Wildman–Crippen MR) is 60.3 cm³/mol. The van der Waals surface area contributed by atoms with Gasteiger partial charge in [0, 0.05) is 19.8 Å². The number of nitrogens with zero attached hydrogens (tertiary/aromatic N) is 3. The molecule has 1 aromatic heterocycles. The maximum absolute atomic E-state index is 11.2. The molecule has 2 N–H and O–H groups in total. The van der Waals surface area contributed by atoms with Gasteiger partial charge in [-0.3, -0.25) is 0 Å². The van der Waals surface area contributed by atoms with E-state index in [1.165, 1.54) is 13.3 Å². The molecule has 0 aliphatic carbocycles. The molecule has 1 heterocycles. The predicted octanol–water partition coefficient (Wildman–Crippen LogP) is 0.0482. The maximum atomic E-state index is 11.2. The molecule has 0 bridgehead atoms. The van der Waals surface area contributed by atoms with Crippen molar-refractivity contribution in [3.63, 3.8) is 0 Å². The molecule has 0 aromatic carbocycles. The van der Waals surface area contributed by atoms with Gasteiger partial charge in [0.05, 0.1) is 7.11 Å². The molecule has 0 radical (unpaired) electrons. The van der Waals surface area contributed by atoms with Crippen molar-refractivity contribution in [3.8, 4) is 0 Å². The van der Waals surface area contributed by atoms with Gasteiger partial charge in [-0.1, -0.05) is 0 Å². The van der Waals surface area contributed by atoms with Crippen molar-refractivity contribution in [2.45, 2.75) is 6.42 Å². The molecule has 0 aliphatic heterocycles. The van der Waals surface area contributed by atoms with Crippen LogP contribution in [0.1, 0.15) is 17.0 Å². The van der Waals surface area contributed by atoms with E-state index < -0.39 is 5.97 Å². The molecule has 0 amide bonds. The van der Waals surface area contributed by atoms with E-state index in [4.69, 9.17) is 5.73 Å². The van der Waals surface area contributed by atoms with Gasteiger partial charge in [-0.25, -0.2) is 14.8 Å². The summed E-state index contributed by atoms with van der Waals surface area (Å²) in [6, 6.07) is 1.74. The topological polar surface area (TPSA) is 81.3 Å². The van der Waals surface area contributed by atoms with E-state index in [0.717, 1.165) is 13.0 Å². The Hall–Kier alpha value is -1.69. The van der Waals surface area contributed by atoms with Crippen LogP contribution in [0.25, 0.3) is 0 Å². The zero-order valence-electron chi connectivity index (χ0n) is 9.51. The summed E-state index contributed by atoms with van der Waals surface area (Å²) in [6.45, 7) is 1.41. The first kappa shape index (κ1) is 12.4. The number of rotatable bonds is 5. The van der Waals surface area contributed by atoms with Crippen molar-refractivity contribution >= 4 is 11.8 Å². The molecule has 6 heteroatoms. The summed E-state index contributed by atoms with van der Waals surface area (Å²) in [5, 5.41) is 0. The molecule has 0 saturated heterocycles. The number of carbonyl (C=O) groups is 1. The van der Waals surface area contributed by atoms with Crippen LogP contribution < -0.4 is 10.6 Å². The Bertz CT molecular complexity index is 356. The molecule has 0 aliphatic rings. The third-order valence-corrected chi connectivity index (χ3v) is 2.10. The van der Waals surface area contributed by atoms with E-state index in [2.05, 4.69) is 14.7 Å². The summed E-state index contributed by atoms with van der Waals surface area (Å²) in [5.74, 6) is 0.220. The van der Waals surface area contributed by atoms with Crippen molar-refractivity contribution in [2.24, 2.45) is 5.73 Å². The first-order valence-corrected chi connectivity index (χ1v) is 5.01. The molecular formula is C10H16N4O2. The van der Waals surface area contributed by atoms with Crippen molar-refractivity contribution in [1.29, 1.82) is 0 Å². The summed E-state index contributed by atoms with van der Waals surface area (Å²) in [7, 11) is 3.19. The average Bonchev–Trinajstić information content (AvgIpc) is 2.35. The van der Waals surface area contributed by atoms with E-state index in [0.29, 0.717) is 12.4 Å². The van der Waals surface area contributed by atoms with E-state index >= 15 is 0 Å². The summed E-state index contributed by atoms with van der Waals surface area (Å²) in [6.07, 6.45) is 2.40. The largest absolute Gasteiger partial charge is 0.463 e. The van der Waals surface area contributed by atoms with E-state index in [-0.39, 0.29) is 5.82 Å². The Balaban J connectivity index is 2.77. The van der Waals surface area contributed by atoms with Crippen LogP contribution in [0, 0.1) is 0 Å². The number of nitrogens with two attached hydrogens (primary N) is 1. The number of anilines is 1. The Labute approximate surface area is 94.4 Å². The Morgan fingerprint density at radius 3 is 3.00 bits per heavy atom. The van der Waals surface area contributed by atoms with Crippen LogP contribution in [0.2, 0.25) is 0 Å². The number of carbonyl (C=O) groups excluding carboxylic acids is 1. The molecule has 6 nitrogen and oxygen atoms in total. The minimum Gasteiger partial charge on any atom is -0.463 e. The maximum Gasteiger partial charge on any atom is 0.376 e. The van der Waals surface area contributed by atoms with Crippen LogP contribution in [0.15, 0.2) is 12.3 Å². The van der Waals surface area contributed by atoms with Gasteiger partial charge in [0.2, 0.25) is 5.82 Å². The van der Waals surface area contributed by atoms with Crippen molar-refractivity contribution in [2.75, 3.05) is 32.1 Å². The van der Waals surface area contributed by atoms with Crippen LogP contribution in [0.5, 0.6) is 0 Å². The van der Waals surface area contributed by atoms with Gasteiger partial charge in [-0.15, -0.1) is 0 Å². The monoisotopic (exact) mass is 224 g/mol. The average molecular weight is 224 g/mol. The fourth-order valence-electron chi connectivity index (χ4n) is 1.19. The number of hydrogen-bond acceptors (Lipinski definition) is 6. The Kier molecular flexibility index (Phi) is 4.65. The lowest BCUT2D eigenvalue weighted by atomic mass is 10.4. The van der Waals surface area contributed by atoms with Gasteiger partial charge in [0.25, 0.3) is 0 Å². The fraction of sp³-hybridized carbons (Fsp3) is 0.500. The minimum atomic E-state index is -0.533. The van der Waals surface area contributed by atoms with E-state index in [1.54, 1.807) is 6.07 Å². The second-order valence-corrected chi connectivity index (χ2v) is 3.29. The summed E-state index contributed by atoms with van der Waals surface area (Å²) >= 11 is 0. The lowest BCUT2D eigenvalue weighted by Gasteiger charge is -2.17. The van der Waals surface area contributed by atoms with Gasteiger partial charge < -0.3 is 15.4 Å². The molecule has 88 valence electrons. The van der Waals surface area contributed by atoms with Gasteiger partial charge in [-0.05, 0) is 19.0 Å². The molecule has 1 rings (SSSR count). The standard InChI is InChI=1S/C10H16N4O2/c1-14(7-3-5-11)8-4-6-12-9(13-8)10(15)16-2/h4,6H,3,5,7,11H2,1-2H3. The van der Waals surface area contributed by atoms with Crippen molar-refractivity contribution in [1.82, 2.24) is 9.97 Å². The lowest BCUT2D eigenvalue weighted by Crippen LogP contribution is -2.23. The first-order chi connectivity index (χ1) is 7.69. The molecule has 0 spiro atoms. The number of aromatic nitrogens is 2. The molecule has 0 fully saturated rings. The number of methoxy groups -OCH3 is 1. The SMILES string of the molecule is COC(=O)c1nccc(N(C)CCCN)n1. The van der Waals surface area contributed by atoms with Crippen LogP contribution in [-0.4, -0.2) is 43.2 Å². The quantitative estimate of drug-likeness (QED) is 0.712. The van der Waals surface area contributed by atoms with Gasteiger partial charge >= 0.3 is 5.97 Å². The molecule has 16 heavy (non-hydrogen) atoms. The van der Waals surface area contributed by atoms with Gasteiger partial charge in [-0.2, -0.15) is 0 Å². The molecule has 0 saturated carbocycles. The molecule has 0 atom stereocenters. The van der Waals surface area contributed by atoms with Crippen LogP contribution in [-0.2, 0) is 4.74 Å². The third kappa shape index (κ3) is 3.16. The Morgan fingerprint density at radius 1 is 1.62 bits per heavy atom. The van der Waals surface area contributed by atoms with Crippen molar-refractivity contribution < 1.29 is 9.53 Å². The molecular weight excluding hydrogens is 208 g/mol. The third-order valence-electron chi connectivity index (χ3n) is 2.10. The second-order valence-electron chi connectivity index (χ2n) is 3.29. The van der Waals surface area contributed by atoms with Crippen LogP contribution in [0.3, 0.4) is 0 Å². The number of ether oxygens (including phenoxy) is 1. The Morgan fingerprint density at radius 2 is 2.38 bits per heavy atom. The second kappa shape index (κ2) is 6.02. The highest BCUT2D eigenvalue weighted by molar-refractivity contribution is 5.85. The highest BCUT2D eigenvalue weighted by Gasteiger charge is 2.11. The first-order valence-electron chi connectivity index (χ1n) is 5.01. The number of hydrogen-bond donors (Lipinski definition) is 1. The highest BCUT2D eigenvalue weighted by Crippen LogP contribution is 2.08. The molecule has 1 aromatic rings. The summed E-state index contributed by atoms with van der Waals surface area (Å²) in [5.41, 5.74) is 5.42. The van der Waals surface area contributed by atoms with Crippen LogP contribution in [0.4, 0.5) is 5.82 Å². The summed E-state index contributed by atoms with van der Waals surface area (Å²) in [4.78, 5) is 21.1. The van der Waals surface area contributed by atoms with Gasteiger partial charge in [0.1, 0.15) is 5.82 Å². The van der Waals surface area contributed by atoms with E-state index in [9.17, 15) is 4.79 Å². The lowest BCUT2D eigenvalue weighted by molar-refractivity contribution is 0.0587.